The second-order valence-corrected chi connectivity index (χ2v) is 3.18. The average Bonchev–Trinajstić information content (AvgIpc) is 2.56. The summed E-state index contributed by atoms with van der Waals surface area (Å²) in [5, 5.41) is 9.91. The van der Waals surface area contributed by atoms with Crippen molar-refractivity contribution in [2.45, 2.75) is 6.61 Å². The predicted molar refractivity (Wildman–Crippen MR) is 49.2 cm³/mol. The van der Waals surface area contributed by atoms with Crippen LogP contribution in [0.5, 0.6) is 0 Å². The van der Waals surface area contributed by atoms with Crippen LogP contribution in [0.2, 0.25) is 5.02 Å². The van der Waals surface area contributed by atoms with Crippen LogP contribution in [0.15, 0.2) is 18.2 Å². The molecule has 0 radical (unpaired) electrons. The topological polar surface area (TPSA) is 36.0 Å². The number of halogens is 2. The SMILES string of the molecule is OCc1cc2c(Cl)ccc(F)c2[nH]1. The molecule has 4 heteroatoms. The molecule has 0 fully saturated rings. The first-order chi connectivity index (χ1) is 6.22. The Kier molecular flexibility index (Phi) is 1.98. The number of H-pyrrole nitrogens is 1. The number of nitrogens with one attached hydrogen (secondary N) is 1. The first-order valence-corrected chi connectivity index (χ1v) is 4.16. The Balaban J connectivity index is 2.80. The molecule has 0 unspecified atom stereocenters. The maximum Gasteiger partial charge on any atom is 0.147 e. The van der Waals surface area contributed by atoms with Gasteiger partial charge in [-0.05, 0) is 18.2 Å². The first-order valence-electron chi connectivity index (χ1n) is 3.79. The van der Waals surface area contributed by atoms with E-state index in [1.54, 1.807) is 6.07 Å². The van der Waals surface area contributed by atoms with Gasteiger partial charge < -0.3 is 10.1 Å². The molecule has 1 heterocycles. The Morgan fingerprint density at radius 1 is 1.46 bits per heavy atom. The van der Waals surface area contributed by atoms with E-state index in [-0.39, 0.29) is 12.4 Å². The highest BCUT2D eigenvalue weighted by Gasteiger charge is 2.07. The van der Waals surface area contributed by atoms with E-state index in [1.165, 1.54) is 12.1 Å². The summed E-state index contributed by atoms with van der Waals surface area (Å²) in [7, 11) is 0. The van der Waals surface area contributed by atoms with Gasteiger partial charge >= 0.3 is 0 Å². The van der Waals surface area contributed by atoms with Crippen LogP contribution in [0.1, 0.15) is 5.69 Å². The van der Waals surface area contributed by atoms with Crippen molar-refractivity contribution in [3.8, 4) is 0 Å². The monoisotopic (exact) mass is 199 g/mol. The molecule has 0 saturated heterocycles. The Morgan fingerprint density at radius 3 is 2.85 bits per heavy atom. The molecule has 13 heavy (non-hydrogen) atoms. The van der Waals surface area contributed by atoms with Crippen molar-refractivity contribution in [3.63, 3.8) is 0 Å². The molecule has 0 saturated carbocycles. The van der Waals surface area contributed by atoms with Gasteiger partial charge in [0.2, 0.25) is 0 Å². The summed E-state index contributed by atoms with van der Waals surface area (Å²) >= 11 is 5.83. The Labute approximate surface area is 79.0 Å². The quantitative estimate of drug-likeness (QED) is 0.727. The minimum absolute atomic E-state index is 0.148. The second-order valence-electron chi connectivity index (χ2n) is 2.77. The normalized spacial score (nSPS) is 11.0. The van der Waals surface area contributed by atoms with E-state index in [0.717, 1.165) is 0 Å². The summed E-state index contributed by atoms with van der Waals surface area (Å²) in [6.45, 7) is -0.148. The van der Waals surface area contributed by atoms with Gasteiger partial charge in [-0.3, -0.25) is 0 Å². The molecule has 2 rings (SSSR count). The van der Waals surface area contributed by atoms with Gasteiger partial charge in [-0.1, -0.05) is 11.6 Å². The molecule has 0 amide bonds. The van der Waals surface area contributed by atoms with Crippen LogP contribution < -0.4 is 0 Å². The molecule has 0 aliphatic rings. The van der Waals surface area contributed by atoms with Crippen LogP contribution >= 0.6 is 11.6 Å². The van der Waals surface area contributed by atoms with Crippen molar-refractivity contribution in [1.29, 1.82) is 0 Å². The lowest BCUT2D eigenvalue weighted by molar-refractivity contribution is 0.278. The van der Waals surface area contributed by atoms with Crippen molar-refractivity contribution in [2.75, 3.05) is 0 Å². The lowest BCUT2D eigenvalue weighted by Gasteiger charge is -1.93. The number of aliphatic hydroxyl groups is 1. The van der Waals surface area contributed by atoms with Crippen LogP contribution in [0, 0.1) is 5.82 Å². The smallest absolute Gasteiger partial charge is 0.147 e. The van der Waals surface area contributed by atoms with Gasteiger partial charge in [0.25, 0.3) is 0 Å². The number of aromatic amines is 1. The lowest BCUT2D eigenvalue weighted by atomic mass is 10.2. The number of rotatable bonds is 1. The predicted octanol–water partition coefficient (Wildman–Crippen LogP) is 2.45. The molecular formula is C9H7ClFNO. The molecule has 0 atom stereocenters. The van der Waals surface area contributed by atoms with Crippen molar-refractivity contribution in [2.24, 2.45) is 0 Å². The van der Waals surface area contributed by atoms with Crippen LogP contribution in [-0.2, 0) is 6.61 Å². The zero-order valence-electron chi connectivity index (χ0n) is 6.64. The molecule has 68 valence electrons. The maximum atomic E-state index is 13.1. The van der Waals surface area contributed by atoms with Gasteiger partial charge in [0, 0.05) is 11.1 Å². The van der Waals surface area contributed by atoms with E-state index in [0.29, 0.717) is 21.6 Å². The minimum Gasteiger partial charge on any atom is -0.390 e. The number of aromatic nitrogens is 1. The molecule has 1 aromatic heterocycles. The Hall–Kier alpha value is -1.06. The number of hydrogen-bond acceptors (Lipinski definition) is 1. The van der Waals surface area contributed by atoms with Gasteiger partial charge in [-0.2, -0.15) is 0 Å². The summed E-state index contributed by atoms with van der Waals surface area (Å²) < 4.78 is 13.1. The zero-order valence-corrected chi connectivity index (χ0v) is 7.40. The molecule has 0 bridgehead atoms. The Bertz CT molecular complexity index is 413. The molecule has 0 aliphatic carbocycles. The fraction of sp³-hybridized carbons (Fsp3) is 0.111. The molecule has 0 aliphatic heterocycles. The van der Waals surface area contributed by atoms with E-state index < -0.39 is 0 Å². The van der Waals surface area contributed by atoms with Gasteiger partial charge in [-0.25, -0.2) is 4.39 Å². The van der Waals surface area contributed by atoms with Crippen LogP contribution in [0.25, 0.3) is 10.9 Å². The van der Waals surface area contributed by atoms with Crippen molar-refractivity contribution >= 4 is 22.5 Å². The van der Waals surface area contributed by atoms with Crippen LogP contribution in [0.3, 0.4) is 0 Å². The van der Waals surface area contributed by atoms with E-state index in [9.17, 15) is 4.39 Å². The summed E-state index contributed by atoms with van der Waals surface area (Å²) in [4.78, 5) is 2.74. The number of benzene rings is 1. The summed E-state index contributed by atoms with van der Waals surface area (Å²) in [6, 6.07) is 4.43. The third kappa shape index (κ3) is 1.30. The molecule has 2 aromatic rings. The fourth-order valence-electron chi connectivity index (χ4n) is 1.29. The summed E-state index contributed by atoms with van der Waals surface area (Å²) in [5.41, 5.74) is 0.901. The maximum absolute atomic E-state index is 13.1. The van der Waals surface area contributed by atoms with Crippen molar-refractivity contribution in [3.05, 3.63) is 34.7 Å². The number of fused-ring (bicyclic) bond motifs is 1. The van der Waals surface area contributed by atoms with E-state index in [2.05, 4.69) is 4.98 Å². The molecule has 2 N–H and O–H groups in total. The highest BCUT2D eigenvalue weighted by atomic mass is 35.5. The van der Waals surface area contributed by atoms with Crippen molar-refractivity contribution < 1.29 is 9.50 Å². The third-order valence-corrected chi connectivity index (χ3v) is 2.25. The number of aliphatic hydroxyl groups excluding tert-OH is 1. The second kappa shape index (κ2) is 3.01. The van der Waals surface area contributed by atoms with Crippen LogP contribution in [0.4, 0.5) is 4.39 Å². The zero-order chi connectivity index (χ0) is 9.42. The third-order valence-electron chi connectivity index (χ3n) is 1.92. The summed E-state index contributed by atoms with van der Waals surface area (Å²) in [5.74, 6) is -0.362. The molecule has 2 nitrogen and oxygen atoms in total. The molecule has 0 spiro atoms. The van der Waals surface area contributed by atoms with E-state index >= 15 is 0 Å². The van der Waals surface area contributed by atoms with Gasteiger partial charge in [0.1, 0.15) is 5.82 Å². The van der Waals surface area contributed by atoms with Gasteiger partial charge in [0.05, 0.1) is 17.1 Å². The minimum atomic E-state index is -0.362. The standard InChI is InChI=1S/C9H7ClFNO/c10-7-1-2-8(11)9-6(7)3-5(4-13)12-9/h1-3,12-13H,4H2. The van der Waals surface area contributed by atoms with Gasteiger partial charge in [-0.15, -0.1) is 0 Å². The van der Waals surface area contributed by atoms with E-state index in [4.69, 9.17) is 16.7 Å². The first kappa shape index (κ1) is 8.53. The largest absolute Gasteiger partial charge is 0.390 e. The summed E-state index contributed by atoms with van der Waals surface area (Å²) in [6.07, 6.45) is 0. The lowest BCUT2D eigenvalue weighted by Crippen LogP contribution is -1.81. The molecule has 1 aromatic carbocycles. The number of hydrogen-bond donors (Lipinski definition) is 2. The Morgan fingerprint density at radius 2 is 2.23 bits per heavy atom. The van der Waals surface area contributed by atoms with Crippen molar-refractivity contribution in [1.82, 2.24) is 4.98 Å². The van der Waals surface area contributed by atoms with Gasteiger partial charge in [0.15, 0.2) is 0 Å². The highest BCUT2D eigenvalue weighted by molar-refractivity contribution is 6.35. The highest BCUT2D eigenvalue weighted by Crippen LogP contribution is 2.26. The average molecular weight is 200 g/mol. The van der Waals surface area contributed by atoms with Crippen LogP contribution in [-0.4, -0.2) is 10.1 Å². The molecular weight excluding hydrogens is 193 g/mol. The van der Waals surface area contributed by atoms with E-state index in [1.807, 2.05) is 0 Å². The fourth-order valence-corrected chi connectivity index (χ4v) is 1.50.